The van der Waals surface area contributed by atoms with Crippen LogP contribution in [0.25, 0.3) is 5.65 Å². The third-order valence-corrected chi connectivity index (χ3v) is 3.69. The number of anilines is 4. The van der Waals surface area contributed by atoms with Crippen LogP contribution in [-0.2, 0) is 4.79 Å². The first-order chi connectivity index (χ1) is 12.1. The average Bonchev–Trinajstić information content (AvgIpc) is 3.04. The molecule has 2 aromatic heterocycles. The number of hydrogen-bond donors (Lipinski definition) is 3. The van der Waals surface area contributed by atoms with E-state index in [4.69, 9.17) is 4.74 Å². The standard InChI is InChI=1S/C17H20N6O2/c1-4-16(24)21-13-10-19-23-15(18-2)9-14(22-17(13)23)20-11-5-7-12(25-3)8-6-11/h5-10,18H,4H2,1-3H3,(H,20,22)(H,21,24). The van der Waals surface area contributed by atoms with E-state index in [1.54, 1.807) is 31.8 Å². The molecule has 3 N–H and O–H groups in total. The van der Waals surface area contributed by atoms with Gasteiger partial charge in [0.05, 0.1) is 13.3 Å². The first-order valence-electron chi connectivity index (χ1n) is 7.92. The van der Waals surface area contributed by atoms with Crippen LogP contribution >= 0.6 is 0 Å². The van der Waals surface area contributed by atoms with Crippen LogP contribution in [0.5, 0.6) is 5.75 Å². The van der Waals surface area contributed by atoms with E-state index >= 15 is 0 Å². The molecule has 3 aromatic rings. The van der Waals surface area contributed by atoms with Crippen LogP contribution in [0.4, 0.5) is 23.0 Å². The lowest BCUT2D eigenvalue weighted by Gasteiger charge is -2.11. The number of carbonyl (C=O) groups excluding carboxylic acids is 1. The van der Waals surface area contributed by atoms with Crippen LogP contribution in [0.1, 0.15) is 13.3 Å². The van der Waals surface area contributed by atoms with Gasteiger partial charge in [0.15, 0.2) is 5.65 Å². The average molecular weight is 340 g/mol. The molecule has 25 heavy (non-hydrogen) atoms. The van der Waals surface area contributed by atoms with Gasteiger partial charge in [0.25, 0.3) is 0 Å². The second-order valence-corrected chi connectivity index (χ2v) is 5.33. The Morgan fingerprint density at radius 3 is 2.68 bits per heavy atom. The van der Waals surface area contributed by atoms with E-state index in [0.29, 0.717) is 23.6 Å². The highest BCUT2D eigenvalue weighted by Crippen LogP contribution is 2.25. The molecule has 0 aliphatic carbocycles. The minimum Gasteiger partial charge on any atom is -0.497 e. The van der Waals surface area contributed by atoms with Crippen molar-refractivity contribution in [1.29, 1.82) is 0 Å². The summed E-state index contributed by atoms with van der Waals surface area (Å²) in [6.07, 6.45) is 1.98. The minimum absolute atomic E-state index is 0.0868. The minimum atomic E-state index is -0.0868. The number of carbonyl (C=O) groups is 1. The van der Waals surface area contributed by atoms with E-state index in [2.05, 4.69) is 26.0 Å². The number of ether oxygens (including phenoxy) is 1. The molecule has 0 atom stereocenters. The van der Waals surface area contributed by atoms with Crippen molar-refractivity contribution >= 4 is 34.6 Å². The van der Waals surface area contributed by atoms with Crippen molar-refractivity contribution in [2.24, 2.45) is 0 Å². The van der Waals surface area contributed by atoms with Crippen molar-refractivity contribution in [2.75, 3.05) is 30.1 Å². The molecule has 0 fully saturated rings. The number of methoxy groups -OCH3 is 1. The molecule has 3 rings (SSSR count). The molecular weight excluding hydrogens is 320 g/mol. The zero-order chi connectivity index (χ0) is 17.8. The lowest BCUT2D eigenvalue weighted by Crippen LogP contribution is -2.10. The summed E-state index contributed by atoms with van der Waals surface area (Å²) in [6.45, 7) is 1.80. The molecule has 8 heteroatoms. The van der Waals surface area contributed by atoms with Gasteiger partial charge in [-0.2, -0.15) is 9.61 Å². The van der Waals surface area contributed by atoms with Crippen LogP contribution in [0.3, 0.4) is 0 Å². The Bertz CT molecular complexity index is 888. The highest BCUT2D eigenvalue weighted by Gasteiger charge is 2.12. The predicted molar refractivity (Wildman–Crippen MR) is 97.7 cm³/mol. The molecule has 8 nitrogen and oxygen atoms in total. The zero-order valence-corrected chi connectivity index (χ0v) is 14.3. The Morgan fingerprint density at radius 1 is 1.28 bits per heavy atom. The van der Waals surface area contributed by atoms with Gasteiger partial charge in [-0.3, -0.25) is 4.79 Å². The maximum Gasteiger partial charge on any atom is 0.224 e. The second kappa shape index (κ2) is 7.08. The Labute approximate surface area is 145 Å². The number of aromatic nitrogens is 3. The third kappa shape index (κ3) is 3.47. The number of rotatable bonds is 6. The van der Waals surface area contributed by atoms with E-state index in [1.165, 1.54) is 0 Å². The maximum absolute atomic E-state index is 11.7. The number of benzene rings is 1. The SMILES string of the molecule is CCC(=O)Nc1cnn2c(NC)cc(Nc3ccc(OC)cc3)nc12. The molecule has 0 radical (unpaired) electrons. The van der Waals surface area contributed by atoms with E-state index < -0.39 is 0 Å². The lowest BCUT2D eigenvalue weighted by molar-refractivity contribution is -0.115. The molecule has 0 saturated carbocycles. The zero-order valence-electron chi connectivity index (χ0n) is 14.3. The van der Waals surface area contributed by atoms with Gasteiger partial charge in [-0.25, -0.2) is 4.98 Å². The summed E-state index contributed by atoms with van der Waals surface area (Å²) in [5.74, 6) is 2.08. The maximum atomic E-state index is 11.7. The molecule has 0 bridgehead atoms. The highest BCUT2D eigenvalue weighted by molar-refractivity contribution is 5.94. The van der Waals surface area contributed by atoms with E-state index in [1.807, 2.05) is 30.3 Å². The molecule has 2 heterocycles. The Morgan fingerprint density at radius 2 is 2.04 bits per heavy atom. The molecule has 0 spiro atoms. The first-order valence-corrected chi connectivity index (χ1v) is 7.92. The van der Waals surface area contributed by atoms with Crippen LogP contribution in [0.2, 0.25) is 0 Å². The largest absolute Gasteiger partial charge is 0.497 e. The van der Waals surface area contributed by atoms with Gasteiger partial charge in [0.2, 0.25) is 5.91 Å². The van der Waals surface area contributed by atoms with Crippen LogP contribution in [-0.4, -0.2) is 34.7 Å². The lowest BCUT2D eigenvalue weighted by atomic mass is 10.3. The fourth-order valence-corrected chi connectivity index (χ4v) is 2.35. The van der Waals surface area contributed by atoms with Gasteiger partial charge in [-0.05, 0) is 24.3 Å². The number of amides is 1. The quantitative estimate of drug-likeness (QED) is 0.639. The number of nitrogens with zero attached hydrogens (tertiary/aromatic N) is 3. The summed E-state index contributed by atoms with van der Waals surface area (Å²) in [5.41, 5.74) is 2.00. The van der Waals surface area contributed by atoms with Gasteiger partial charge < -0.3 is 20.7 Å². The molecule has 0 unspecified atom stereocenters. The van der Waals surface area contributed by atoms with Crippen LogP contribution in [0, 0.1) is 0 Å². The van der Waals surface area contributed by atoms with Crippen molar-refractivity contribution in [3.05, 3.63) is 36.5 Å². The van der Waals surface area contributed by atoms with Gasteiger partial charge in [-0.15, -0.1) is 0 Å². The monoisotopic (exact) mass is 340 g/mol. The van der Waals surface area contributed by atoms with E-state index in [9.17, 15) is 4.79 Å². The first kappa shape index (κ1) is 16.6. The third-order valence-electron chi connectivity index (χ3n) is 3.69. The summed E-state index contributed by atoms with van der Waals surface area (Å²) < 4.78 is 6.80. The summed E-state index contributed by atoms with van der Waals surface area (Å²) in [7, 11) is 3.43. The van der Waals surface area contributed by atoms with Gasteiger partial charge >= 0.3 is 0 Å². The normalized spacial score (nSPS) is 10.5. The van der Waals surface area contributed by atoms with Gasteiger partial charge in [-0.1, -0.05) is 6.92 Å². The fourth-order valence-electron chi connectivity index (χ4n) is 2.35. The molecule has 0 aliphatic heterocycles. The number of nitrogens with one attached hydrogen (secondary N) is 3. The molecule has 0 aliphatic rings. The topological polar surface area (TPSA) is 92.6 Å². The van der Waals surface area contributed by atoms with Crippen molar-refractivity contribution in [1.82, 2.24) is 14.6 Å². The van der Waals surface area contributed by atoms with E-state index in [-0.39, 0.29) is 5.91 Å². The smallest absolute Gasteiger partial charge is 0.224 e. The van der Waals surface area contributed by atoms with Crippen molar-refractivity contribution in [3.63, 3.8) is 0 Å². The molecule has 1 amide bonds. The molecule has 130 valence electrons. The van der Waals surface area contributed by atoms with Gasteiger partial charge in [0.1, 0.15) is 23.1 Å². The number of fused-ring (bicyclic) bond motifs is 1. The van der Waals surface area contributed by atoms with Crippen LogP contribution in [0.15, 0.2) is 36.5 Å². The summed E-state index contributed by atoms with van der Waals surface area (Å²) >= 11 is 0. The number of hydrogen-bond acceptors (Lipinski definition) is 6. The van der Waals surface area contributed by atoms with Crippen molar-refractivity contribution in [2.45, 2.75) is 13.3 Å². The molecular formula is C17H20N6O2. The summed E-state index contributed by atoms with van der Waals surface area (Å²) in [5, 5.41) is 13.4. The van der Waals surface area contributed by atoms with Crippen LogP contribution < -0.4 is 20.7 Å². The van der Waals surface area contributed by atoms with Crippen molar-refractivity contribution in [3.8, 4) is 5.75 Å². The summed E-state index contributed by atoms with van der Waals surface area (Å²) in [6, 6.07) is 9.38. The van der Waals surface area contributed by atoms with E-state index in [0.717, 1.165) is 17.3 Å². The highest BCUT2D eigenvalue weighted by atomic mass is 16.5. The molecule has 1 aromatic carbocycles. The Hall–Kier alpha value is -3.29. The predicted octanol–water partition coefficient (Wildman–Crippen LogP) is 2.87. The fraction of sp³-hybridized carbons (Fsp3) is 0.235. The van der Waals surface area contributed by atoms with Gasteiger partial charge in [0, 0.05) is 25.2 Å². The summed E-state index contributed by atoms with van der Waals surface area (Å²) in [4.78, 5) is 16.3. The molecule has 0 saturated heterocycles. The Balaban J connectivity index is 1.96. The van der Waals surface area contributed by atoms with Crippen molar-refractivity contribution < 1.29 is 9.53 Å². The Kier molecular flexibility index (Phi) is 4.69. The second-order valence-electron chi connectivity index (χ2n) is 5.33.